The molecule has 1 aliphatic heterocycles. The number of carbonyl (C=O) groups is 2. The highest BCUT2D eigenvalue weighted by molar-refractivity contribution is 5.85. The molecule has 7 heteroatoms. The quantitative estimate of drug-likeness (QED) is 0.619. The third-order valence-electron chi connectivity index (χ3n) is 2.00. The van der Waals surface area contributed by atoms with Crippen molar-refractivity contribution in [3.8, 4) is 0 Å². The van der Waals surface area contributed by atoms with Gasteiger partial charge in [-0.25, -0.2) is 4.79 Å². The van der Waals surface area contributed by atoms with Crippen molar-refractivity contribution in [3.63, 3.8) is 0 Å². The van der Waals surface area contributed by atoms with Crippen LogP contribution in [0.4, 0.5) is 8.78 Å². The summed E-state index contributed by atoms with van der Waals surface area (Å²) in [5.74, 6) is -2.69. The summed E-state index contributed by atoms with van der Waals surface area (Å²) >= 11 is 0. The molecule has 0 radical (unpaired) electrons. The molecular formula is C7H10F2N2O3. The van der Waals surface area contributed by atoms with Gasteiger partial charge >= 0.3 is 12.4 Å². The van der Waals surface area contributed by atoms with Crippen LogP contribution in [0.5, 0.6) is 0 Å². The van der Waals surface area contributed by atoms with E-state index in [2.05, 4.69) is 5.32 Å². The van der Waals surface area contributed by atoms with Crippen molar-refractivity contribution >= 4 is 11.9 Å². The van der Waals surface area contributed by atoms with Crippen molar-refractivity contribution in [1.29, 1.82) is 0 Å². The number of piperazine rings is 1. The van der Waals surface area contributed by atoms with Crippen LogP contribution >= 0.6 is 0 Å². The Morgan fingerprint density at radius 3 is 2.64 bits per heavy atom. The lowest BCUT2D eigenvalue weighted by Crippen LogP contribution is -2.58. The molecule has 80 valence electrons. The number of hydrogen-bond donors (Lipinski definition) is 2. The van der Waals surface area contributed by atoms with Crippen LogP contribution in [0, 0.1) is 0 Å². The summed E-state index contributed by atoms with van der Waals surface area (Å²) in [7, 11) is 0. The molecule has 0 aliphatic carbocycles. The van der Waals surface area contributed by atoms with E-state index < -0.39 is 24.3 Å². The van der Waals surface area contributed by atoms with Crippen LogP contribution in [0.1, 0.15) is 0 Å². The molecule has 1 amide bonds. The van der Waals surface area contributed by atoms with Crippen LogP contribution in [0.2, 0.25) is 0 Å². The van der Waals surface area contributed by atoms with Gasteiger partial charge in [-0.05, 0) is 0 Å². The first kappa shape index (κ1) is 10.8. The van der Waals surface area contributed by atoms with Gasteiger partial charge in [-0.15, -0.1) is 0 Å². The molecule has 0 aromatic rings. The minimum atomic E-state index is -3.14. The lowest BCUT2D eigenvalue weighted by atomic mass is 10.2. The molecule has 0 aromatic carbocycles. The van der Waals surface area contributed by atoms with Gasteiger partial charge in [0.05, 0.1) is 0 Å². The van der Waals surface area contributed by atoms with Gasteiger partial charge in [0.1, 0.15) is 6.04 Å². The average molecular weight is 208 g/mol. The minimum absolute atomic E-state index is 0.000139. The molecule has 0 aromatic heterocycles. The highest BCUT2D eigenvalue weighted by atomic mass is 19.3. The van der Waals surface area contributed by atoms with Gasteiger partial charge in [0.15, 0.2) is 0 Å². The van der Waals surface area contributed by atoms with Crippen molar-refractivity contribution < 1.29 is 23.5 Å². The van der Waals surface area contributed by atoms with Gasteiger partial charge in [0.2, 0.25) is 0 Å². The van der Waals surface area contributed by atoms with Gasteiger partial charge < -0.3 is 15.3 Å². The fourth-order valence-electron chi connectivity index (χ4n) is 1.31. The van der Waals surface area contributed by atoms with E-state index in [0.717, 1.165) is 0 Å². The third-order valence-corrected chi connectivity index (χ3v) is 2.00. The second-order valence-corrected chi connectivity index (χ2v) is 2.89. The number of carboxylic acid groups (broad SMARTS) is 1. The maximum Gasteiger partial charge on any atom is 0.327 e. The molecular weight excluding hydrogens is 198 g/mol. The van der Waals surface area contributed by atoms with Gasteiger partial charge in [-0.2, -0.15) is 8.78 Å². The van der Waals surface area contributed by atoms with E-state index in [1.165, 1.54) is 0 Å². The lowest BCUT2D eigenvalue weighted by Gasteiger charge is -2.33. The fraction of sp³-hybridized carbons (Fsp3) is 0.714. The zero-order chi connectivity index (χ0) is 10.7. The second-order valence-electron chi connectivity index (χ2n) is 2.89. The number of nitrogens with one attached hydrogen (secondary N) is 1. The average Bonchev–Trinajstić information content (AvgIpc) is 2.16. The van der Waals surface area contributed by atoms with Crippen LogP contribution in [0.15, 0.2) is 0 Å². The first-order valence-electron chi connectivity index (χ1n) is 4.06. The minimum Gasteiger partial charge on any atom is -0.480 e. The number of aliphatic carboxylic acids is 1. The largest absolute Gasteiger partial charge is 0.480 e. The third kappa shape index (κ3) is 2.16. The number of hydrogen-bond acceptors (Lipinski definition) is 3. The highest BCUT2D eigenvalue weighted by Crippen LogP contribution is 2.08. The van der Waals surface area contributed by atoms with E-state index in [-0.39, 0.29) is 13.1 Å². The SMILES string of the molecule is O=C(O)C1CNCCN1C(=O)C(F)F. The van der Waals surface area contributed by atoms with E-state index in [0.29, 0.717) is 11.4 Å². The molecule has 1 heterocycles. The predicted octanol–water partition coefficient (Wildman–Crippen LogP) is -0.863. The lowest BCUT2D eigenvalue weighted by molar-refractivity contribution is -0.156. The topological polar surface area (TPSA) is 69.6 Å². The molecule has 1 fully saturated rings. The molecule has 1 saturated heterocycles. The van der Waals surface area contributed by atoms with Crippen molar-refractivity contribution in [1.82, 2.24) is 10.2 Å². The molecule has 1 unspecified atom stereocenters. The number of nitrogens with zero attached hydrogens (tertiary/aromatic N) is 1. The summed E-state index contributed by atoms with van der Waals surface area (Å²) in [5, 5.41) is 11.4. The van der Waals surface area contributed by atoms with Crippen LogP contribution in [-0.4, -0.2) is 54.0 Å². The van der Waals surface area contributed by atoms with Crippen LogP contribution in [0.3, 0.4) is 0 Å². The molecule has 2 N–H and O–H groups in total. The Morgan fingerprint density at radius 1 is 1.50 bits per heavy atom. The molecule has 1 rings (SSSR count). The molecule has 14 heavy (non-hydrogen) atoms. The molecule has 0 saturated carbocycles. The predicted molar refractivity (Wildman–Crippen MR) is 42.0 cm³/mol. The summed E-state index contributed by atoms with van der Waals surface area (Å²) in [5.41, 5.74) is 0. The summed E-state index contributed by atoms with van der Waals surface area (Å²) in [6.45, 7) is 0.343. The van der Waals surface area contributed by atoms with Crippen LogP contribution in [0.25, 0.3) is 0 Å². The summed E-state index contributed by atoms with van der Waals surface area (Å²) in [6, 6.07) is -1.19. The number of rotatable bonds is 2. The highest BCUT2D eigenvalue weighted by Gasteiger charge is 2.35. The zero-order valence-electron chi connectivity index (χ0n) is 7.24. The Kier molecular flexibility index (Phi) is 3.34. The van der Waals surface area contributed by atoms with E-state index >= 15 is 0 Å². The Hall–Kier alpha value is -1.24. The van der Waals surface area contributed by atoms with Crippen molar-refractivity contribution in [2.75, 3.05) is 19.6 Å². The number of carbonyl (C=O) groups excluding carboxylic acids is 1. The van der Waals surface area contributed by atoms with Crippen molar-refractivity contribution in [2.45, 2.75) is 12.5 Å². The fourth-order valence-corrected chi connectivity index (χ4v) is 1.31. The molecule has 0 bridgehead atoms. The Morgan fingerprint density at radius 2 is 2.14 bits per heavy atom. The van der Waals surface area contributed by atoms with Crippen LogP contribution < -0.4 is 5.32 Å². The van der Waals surface area contributed by atoms with E-state index in [4.69, 9.17) is 5.11 Å². The smallest absolute Gasteiger partial charge is 0.327 e. The molecule has 1 aliphatic rings. The maximum atomic E-state index is 12.0. The van der Waals surface area contributed by atoms with Crippen LogP contribution in [-0.2, 0) is 9.59 Å². The zero-order valence-corrected chi connectivity index (χ0v) is 7.24. The number of carboxylic acids is 1. The first-order chi connectivity index (χ1) is 6.54. The van der Waals surface area contributed by atoms with E-state index in [9.17, 15) is 18.4 Å². The van der Waals surface area contributed by atoms with Gasteiger partial charge in [-0.1, -0.05) is 0 Å². The number of halogens is 2. The normalized spacial score (nSPS) is 22.5. The molecule has 0 spiro atoms. The Balaban J connectivity index is 2.72. The van der Waals surface area contributed by atoms with Crippen molar-refractivity contribution in [2.24, 2.45) is 0 Å². The van der Waals surface area contributed by atoms with Gasteiger partial charge in [-0.3, -0.25) is 4.79 Å². The standard InChI is InChI=1S/C7H10F2N2O3/c8-5(9)6(12)11-2-1-10-3-4(11)7(13)14/h4-5,10H,1-3H2,(H,13,14). The van der Waals surface area contributed by atoms with Gasteiger partial charge in [0.25, 0.3) is 5.91 Å². The Labute approximate surface area is 78.7 Å². The number of alkyl halides is 2. The van der Waals surface area contributed by atoms with E-state index in [1.54, 1.807) is 0 Å². The van der Waals surface area contributed by atoms with Gasteiger partial charge in [0, 0.05) is 19.6 Å². The summed E-state index contributed by atoms with van der Waals surface area (Å²) in [4.78, 5) is 22.2. The summed E-state index contributed by atoms with van der Waals surface area (Å²) < 4.78 is 24.1. The monoisotopic (exact) mass is 208 g/mol. The summed E-state index contributed by atoms with van der Waals surface area (Å²) in [6.07, 6.45) is -3.14. The molecule has 1 atom stereocenters. The second kappa shape index (κ2) is 4.32. The maximum absolute atomic E-state index is 12.0. The molecule has 5 nitrogen and oxygen atoms in total. The van der Waals surface area contributed by atoms with Crippen molar-refractivity contribution in [3.05, 3.63) is 0 Å². The Bertz CT molecular complexity index is 247. The number of amides is 1. The first-order valence-corrected chi connectivity index (χ1v) is 4.06. The van der Waals surface area contributed by atoms with E-state index in [1.807, 2.05) is 0 Å².